The summed E-state index contributed by atoms with van der Waals surface area (Å²) in [6.07, 6.45) is 2.65. The molecule has 1 fully saturated rings. The van der Waals surface area contributed by atoms with Crippen LogP contribution >= 0.6 is 27.3 Å². The first-order chi connectivity index (χ1) is 13.9. The maximum Gasteiger partial charge on any atom is 0.258 e. The SMILES string of the molecule is CCc1ccc2nc(NC(=O)c3cc(S(=O)(=O)N4CCCC4)ccc3Br)sc2c1. The van der Waals surface area contributed by atoms with Crippen LogP contribution < -0.4 is 5.32 Å². The van der Waals surface area contributed by atoms with Gasteiger partial charge in [-0.1, -0.05) is 24.3 Å². The van der Waals surface area contributed by atoms with E-state index in [4.69, 9.17) is 0 Å². The number of fused-ring (bicyclic) bond motifs is 1. The fourth-order valence-electron chi connectivity index (χ4n) is 3.32. The summed E-state index contributed by atoms with van der Waals surface area (Å²) in [4.78, 5) is 17.4. The minimum absolute atomic E-state index is 0.129. The monoisotopic (exact) mass is 493 g/mol. The zero-order valence-electron chi connectivity index (χ0n) is 15.8. The Morgan fingerprint density at radius 3 is 2.69 bits per heavy atom. The summed E-state index contributed by atoms with van der Waals surface area (Å²) in [6, 6.07) is 10.6. The number of sulfonamides is 1. The molecular weight excluding hydrogens is 474 g/mol. The fraction of sp³-hybridized carbons (Fsp3) is 0.300. The maximum absolute atomic E-state index is 12.9. The molecule has 2 aromatic carbocycles. The lowest BCUT2D eigenvalue weighted by Crippen LogP contribution is -2.28. The van der Waals surface area contributed by atoms with Gasteiger partial charge in [0.2, 0.25) is 10.0 Å². The minimum Gasteiger partial charge on any atom is -0.298 e. The van der Waals surface area contributed by atoms with Gasteiger partial charge in [-0.15, -0.1) is 0 Å². The third kappa shape index (κ3) is 4.09. The highest BCUT2D eigenvalue weighted by atomic mass is 79.9. The van der Waals surface area contributed by atoms with Gasteiger partial charge in [0, 0.05) is 17.6 Å². The Kier molecular flexibility index (Phi) is 5.74. The Morgan fingerprint density at radius 1 is 1.21 bits per heavy atom. The van der Waals surface area contributed by atoms with E-state index in [9.17, 15) is 13.2 Å². The predicted octanol–water partition coefficient (Wildman–Crippen LogP) is 4.66. The van der Waals surface area contributed by atoms with Crippen LogP contribution in [-0.2, 0) is 16.4 Å². The van der Waals surface area contributed by atoms with Gasteiger partial charge in [-0.2, -0.15) is 4.31 Å². The van der Waals surface area contributed by atoms with Gasteiger partial charge in [0.25, 0.3) is 5.91 Å². The summed E-state index contributed by atoms with van der Waals surface area (Å²) in [6.45, 7) is 3.13. The highest BCUT2D eigenvalue weighted by Gasteiger charge is 2.28. The molecule has 4 rings (SSSR count). The zero-order valence-corrected chi connectivity index (χ0v) is 19.0. The molecule has 29 heavy (non-hydrogen) atoms. The predicted molar refractivity (Wildman–Crippen MR) is 119 cm³/mol. The van der Waals surface area contributed by atoms with Gasteiger partial charge in [0.05, 0.1) is 20.7 Å². The number of thiazole rings is 1. The number of hydrogen-bond acceptors (Lipinski definition) is 5. The van der Waals surface area contributed by atoms with E-state index in [2.05, 4.69) is 39.2 Å². The summed E-state index contributed by atoms with van der Waals surface area (Å²) in [7, 11) is -3.59. The van der Waals surface area contributed by atoms with Gasteiger partial charge in [-0.3, -0.25) is 10.1 Å². The molecule has 0 atom stereocenters. The number of aryl methyl sites for hydroxylation is 1. The first-order valence-electron chi connectivity index (χ1n) is 9.39. The van der Waals surface area contributed by atoms with E-state index >= 15 is 0 Å². The molecule has 2 heterocycles. The zero-order chi connectivity index (χ0) is 20.6. The molecule has 0 spiro atoms. The van der Waals surface area contributed by atoms with Crippen LogP contribution in [0.2, 0.25) is 0 Å². The van der Waals surface area contributed by atoms with Crippen LogP contribution in [0.5, 0.6) is 0 Å². The highest BCUT2D eigenvalue weighted by molar-refractivity contribution is 9.10. The van der Waals surface area contributed by atoms with Crippen molar-refractivity contribution in [1.29, 1.82) is 0 Å². The van der Waals surface area contributed by atoms with Crippen LogP contribution in [0.3, 0.4) is 0 Å². The second-order valence-corrected chi connectivity index (χ2v) is 10.7. The number of hydrogen-bond donors (Lipinski definition) is 1. The number of aromatic nitrogens is 1. The number of anilines is 1. The Labute approximate surface area is 182 Å². The van der Waals surface area contributed by atoms with Gasteiger partial charge in [-0.25, -0.2) is 13.4 Å². The van der Waals surface area contributed by atoms with Crippen molar-refractivity contribution in [2.75, 3.05) is 18.4 Å². The topological polar surface area (TPSA) is 79.4 Å². The molecule has 9 heteroatoms. The summed E-state index contributed by atoms with van der Waals surface area (Å²) >= 11 is 4.76. The molecule has 0 bridgehead atoms. The van der Waals surface area contributed by atoms with Crippen molar-refractivity contribution in [3.8, 4) is 0 Å². The lowest BCUT2D eigenvalue weighted by Gasteiger charge is -2.16. The molecule has 1 amide bonds. The van der Waals surface area contributed by atoms with Crippen LogP contribution in [0.4, 0.5) is 5.13 Å². The molecule has 0 radical (unpaired) electrons. The lowest BCUT2D eigenvalue weighted by atomic mass is 10.2. The van der Waals surface area contributed by atoms with Gasteiger partial charge in [0.15, 0.2) is 5.13 Å². The standard InChI is InChI=1S/C20H20BrN3O3S2/c1-2-13-5-8-17-18(11-13)28-20(22-17)23-19(25)15-12-14(6-7-16(15)21)29(26,27)24-9-3-4-10-24/h5-8,11-12H,2-4,9-10H2,1H3,(H,22,23,25). The number of carbonyl (C=O) groups excluding carboxylic acids is 1. The number of halogens is 1. The van der Waals surface area contributed by atoms with Crippen molar-refractivity contribution in [2.45, 2.75) is 31.1 Å². The number of carbonyl (C=O) groups is 1. The van der Waals surface area contributed by atoms with Gasteiger partial charge >= 0.3 is 0 Å². The van der Waals surface area contributed by atoms with Crippen molar-refractivity contribution < 1.29 is 13.2 Å². The maximum atomic E-state index is 12.9. The van der Waals surface area contributed by atoms with Crippen LogP contribution in [0.1, 0.15) is 35.7 Å². The summed E-state index contributed by atoms with van der Waals surface area (Å²) < 4.78 is 28.7. The third-order valence-corrected chi connectivity index (χ3v) is 8.49. The smallest absolute Gasteiger partial charge is 0.258 e. The summed E-state index contributed by atoms with van der Waals surface area (Å²) in [5, 5.41) is 3.29. The Hall–Kier alpha value is -1.81. The number of nitrogens with one attached hydrogen (secondary N) is 1. The van der Waals surface area contributed by atoms with E-state index in [1.165, 1.54) is 33.3 Å². The Balaban J connectivity index is 1.61. The molecular formula is C20H20BrN3O3S2. The largest absolute Gasteiger partial charge is 0.298 e. The van der Waals surface area contributed by atoms with E-state index in [0.29, 0.717) is 22.7 Å². The highest BCUT2D eigenvalue weighted by Crippen LogP contribution is 2.29. The van der Waals surface area contributed by atoms with Crippen molar-refractivity contribution in [3.63, 3.8) is 0 Å². The van der Waals surface area contributed by atoms with Crippen LogP contribution in [0.15, 0.2) is 45.8 Å². The average Bonchev–Trinajstić information content (AvgIpc) is 3.37. The fourth-order valence-corrected chi connectivity index (χ4v) is 6.22. The second kappa shape index (κ2) is 8.14. The Bertz CT molecular complexity index is 1180. The molecule has 1 N–H and O–H groups in total. The molecule has 0 unspecified atom stereocenters. The van der Waals surface area contributed by atoms with Crippen molar-refractivity contribution in [3.05, 3.63) is 52.0 Å². The molecule has 152 valence electrons. The molecule has 1 saturated heterocycles. The number of benzene rings is 2. The number of amides is 1. The first-order valence-corrected chi connectivity index (χ1v) is 12.4. The summed E-state index contributed by atoms with van der Waals surface area (Å²) in [5.74, 6) is -0.398. The van der Waals surface area contributed by atoms with Crippen molar-refractivity contribution in [2.24, 2.45) is 0 Å². The minimum atomic E-state index is -3.59. The van der Waals surface area contributed by atoms with Crippen molar-refractivity contribution >= 4 is 58.5 Å². The molecule has 0 saturated carbocycles. The van der Waals surface area contributed by atoms with E-state index in [1.54, 1.807) is 6.07 Å². The molecule has 1 aliphatic heterocycles. The van der Waals surface area contributed by atoms with Crippen LogP contribution in [0.25, 0.3) is 10.2 Å². The molecule has 1 aromatic heterocycles. The van der Waals surface area contributed by atoms with Crippen LogP contribution in [-0.4, -0.2) is 36.7 Å². The molecule has 3 aromatic rings. The van der Waals surface area contributed by atoms with Crippen molar-refractivity contribution in [1.82, 2.24) is 9.29 Å². The summed E-state index contributed by atoms with van der Waals surface area (Å²) in [5.41, 5.74) is 2.30. The van der Waals surface area contributed by atoms with Gasteiger partial charge in [0.1, 0.15) is 0 Å². The van der Waals surface area contributed by atoms with E-state index in [0.717, 1.165) is 29.5 Å². The van der Waals surface area contributed by atoms with Gasteiger partial charge < -0.3 is 0 Å². The second-order valence-electron chi connectivity index (χ2n) is 6.88. The average molecular weight is 494 g/mol. The van der Waals surface area contributed by atoms with Crippen LogP contribution in [0, 0.1) is 0 Å². The van der Waals surface area contributed by atoms with E-state index in [1.807, 2.05) is 12.1 Å². The quantitative estimate of drug-likeness (QED) is 0.560. The van der Waals surface area contributed by atoms with E-state index in [-0.39, 0.29) is 10.5 Å². The molecule has 6 nitrogen and oxygen atoms in total. The number of rotatable bonds is 5. The third-order valence-electron chi connectivity index (χ3n) is 4.97. The molecule has 1 aliphatic rings. The lowest BCUT2D eigenvalue weighted by molar-refractivity contribution is 0.102. The van der Waals surface area contributed by atoms with E-state index < -0.39 is 15.9 Å². The van der Waals surface area contributed by atoms with Gasteiger partial charge in [-0.05, 0) is 71.1 Å². The Morgan fingerprint density at radius 2 is 1.97 bits per heavy atom. The first kappa shape index (κ1) is 20.5. The number of nitrogens with zero attached hydrogens (tertiary/aromatic N) is 2. The normalized spacial score (nSPS) is 15.1. The molecule has 0 aliphatic carbocycles.